The number of Topliss-reactive ketones (excluding diaryl/α,β-unsaturated/α-hetero) is 1. The summed E-state index contributed by atoms with van der Waals surface area (Å²) < 4.78 is 1.70. The van der Waals surface area contributed by atoms with Crippen LogP contribution in [-0.4, -0.2) is 35.9 Å². The number of H-pyrrole nitrogens is 1. The SMILES string of the molecule is Cc1[nH]c2ccccc2c1C(=O)C(C)Sc1nnc(CO)n1C. The number of aromatic nitrogens is 4. The lowest BCUT2D eigenvalue weighted by Crippen LogP contribution is -2.15. The van der Waals surface area contributed by atoms with E-state index in [4.69, 9.17) is 0 Å². The van der Waals surface area contributed by atoms with Crippen LogP contribution in [0.25, 0.3) is 10.9 Å². The number of ketones is 1. The monoisotopic (exact) mass is 330 g/mol. The Morgan fingerprint density at radius 2 is 2.13 bits per heavy atom. The molecule has 6 nitrogen and oxygen atoms in total. The molecule has 1 unspecified atom stereocenters. The van der Waals surface area contributed by atoms with Gasteiger partial charge in [-0.1, -0.05) is 30.0 Å². The molecule has 2 N–H and O–H groups in total. The van der Waals surface area contributed by atoms with Crippen LogP contribution in [0.2, 0.25) is 0 Å². The second-order valence-corrected chi connectivity index (χ2v) is 6.72. The molecule has 0 bridgehead atoms. The largest absolute Gasteiger partial charge is 0.388 e. The number of hydrogen-bond donors (Lipinski definition) is 2. The van der Waals surface area contributed by atoms with Gasteiger partial charge in [0.15, 0.2) is 16.8 Å². The van der Waals surface area contributed by atoms with Gasteiger partial charge in [-0.2, -0.15) is 0 Å². The lowest BCUT2D eigenvalue weighted by Gasteiger charge is -2.10. The lowest BCUT2D eigenvalue weighted by atomic mass is 10.1. The third kappa shape index (κ3) is 2.77. The van der Waals surface area contributed by atoms with Crippen LogP contribution in [0.1, 0.15) is 28.8 Å². The van der Waals surface area contributed by atoms with Crippen molar-refractivity contribution in [2.24, 2.45) is 7.05 Å². The molecule has 0 radical (unpaired) electrons. The molecule has 0 aliphatic rings. The first-order valence-electron chi connectivity index (χ1n) is 7.30. The zero-order valence-corrected chi connectivity index (χ0v) is 14.0. The number of fused-ring (bicyclic) bond motifs is 1. The molecule has 1 atom stereocenters. The highest BCUT2D eigenvalue weighted by atomic mass is 32.2. The minimum absolute atomic E-state index is 0.0542. The van der Waals surface area contributed by atoms with E-state index < -0.39 is 0 Å². The maximum atomic E-state index is 12.9. The molecule has 7 heteroatoms. The summed E-state index contributed by atoms with van der Waals surface area (Å²) in [6.07, 6.45) is 0. The molecule has 0 saturated carbocycles. The molecule has 0 fully saturated rings. The van der Waals surface area contributed by atoms with Crippen LogP contribution < -0.4 is 0 Å². The number of para-hydroxylation sites is 1. The molecular weight excluding hydrogens is 312 g/mol. The predicted molar refractivity (Wildman–Crippen MR) is 89.6 cm³/mol. The fourth-order valence-electron chi connectivity index (χ4n) is 2.59. The van der Waals surface area contributed by atoms with E-state index in [1.165, 1.54) is 11.8 Å². The minimum atomic E-state index is -0.303. The van der Waals surface area contributed by atoms with Crippen molar-refractivity contribution in [1.82, 2.24) is 19.7 Å². The number of thioether (sulfide) groups is 1. The Bertz CT molecular complexity index is 868. The second-order valence-electron chi connectivity index (χ2n) is 5.41. The molecule has 2 aromatic heterocycles. The summed E-state index contributed by atoms with van der Waals surface area (Å²) in [6.45, 7) is 3.60. The summed E-state index contributed by atoms with van der Waals surface area (Å²) >= 11 is 1.34. The second kappa shape index (κ2) is 6.17. The van der Waals surface area contributed by atoms with Gasteiger partial charge in [-0.05, 0) is 19.9 Å². The number of aliphatic hydroxyl groups excluding tert-OH is 1. The Balaban J connectivity index is 1.89. The van der Waals surface area contributed by atoms with Crippen molar-refractivity contribution in [2.45, 2.75) is 30.9 Å². The highest BCUT2D eigenvalue weighted by molar-refractivity contribution is 8.00. The van der Waals surface area contributed by atoms with Crippen molar-refractivity contribution in [2.75, 3.05) is 0 Å². The summed E-state index contributed by atoms with van der Waals surface area (Å²) in [4.78, 5) is 16.1. The van der Waals surface area contributed by atoms with Gasteiger partial charge in [-0.25, -0.2) is 0 Å². The van der Waals surface area contributed by atoms with Gasteiger partial charge in [0.1, 0.15) is 6.61 Å². The van der Waals surface area contributed by atoms with Gasteiger partial charge in [-0.3, -0.25) is 4.79 Å². The van der Waals surface area contributed by atoms with Gasteiger partial charge in [0.25, 0.3) is 0 Å². The van der Waals surface area contributed by atoms with E-state index in [2.05, 4.69) is 15.2 Å². The summed E-state index contributed by atoms with van der Waals surface area (Å²) in [5.74, 6) is 0.536. The average molecular weight is 330 g/mol. The van der Waals surface area contributed by atoms with Crippen molar-refractivity contribution < 1.29 is 9.90 Å². The van der Waals surface area contributed by atoms with Gasteiger partial charge in [0.05, 0.1) is 5.25 Å². The molecule has 2 heterocycles. The van der Waals surface area contributed by atoms with E-state index in [0.29, 0.717) is 11.0 Å². The third-order valence-corrected chi connectivity index (χ3v) is 4.99. The first-order valence-corrected chi connectivity index (χ1v) is 8.18. The number of benzene rings is 1. The Morgan fingerprint density at radius 3 is 2.83 bits per heavy atom. The van der Waals surface area contributed by atoms with Crippen molar-refractivity contribution in [3.63, 3.8) is 0 Å². The number of nitrogens with zero attached hydrogens (tertiary/aromatic N) is 3. The van der Waals surface area contributed by atoms with Crippen molar-refractivity contribution in [3.05, 3.63) is 41.3 Å². The summed E-state index contributed by atoms with van der Waals surface area (Å²) in [5.41, 5.74) is 2.56. The fraction of sp³-hybridized carbons (Fsp3) is 0.312. The van der Waals surface area contributed by atoms with Gasteiger partial charge < -0.3 is 14.7 Å². The number of carbonyl (C=O) groups excluding carboxylic acids is 1. The first-order chi connectivity index (χ1) is 11.0. The maximum absolute atomic E-state index is 12.9. The maximum Gasteiger partial charge on any atom is 0.191 e. The minimum Gasteiger partial charge on any atom is -0.388 e. The van der Waals surface area contributed by atoms with E-state index in [1.54, 1.807) is 11.6 Å². The van der Waals surface area contributed by atoms with Crippen molar-refractivity contribution >= 4 is 28.4 Å². The molecule has 0 saturated heterocycles. The average Bonchev–Trinajstić information content (AvgIpc) is 3.06. The lowest BCUT2D eigenvalue weighted by molar-refractivity contribution is 0.0995. The molecule has 3 aromatic rings. The normalized spacial score (nSPS) is 12.7. The van der Waals surface area contributed by atoms with Crippen LogP contribution in [0.15, 0.2) is 29.4 Å². The van der Waals surface area contributed by atoms with Crippen molar-refractivity contribution in [3.8, 4) is 0 Å². The number of nitrogens with one attached hydrogen (secondary N) is 1. The number of aromatic amines is 1. The van der Waals surface area contributed by atoms with E-state index in [-0.39, 0.29) is 17.6 Å². The molecule has 0 aliphatic carbocycles. The zero-order chi connectivity index (χ0) is 16.6. The van der Waals surface area contributed by atoms with Crippen LogP contribution in [0.5, 0.6) is 0 Å². The highest BCUT2D eigenvalue weighted by Gasteiger charge is 2.24. The molecule has 23 heavy (non-hydrogen) atoms. The number of hydrogen-bond acceptors (Lipinski definition) is 5. The number of aliphatic hydroxyl groups is 1. The van der Waals surface area contributed by atoms with Crippen LogP contribution >= 0.6 is 11.8 Å². The van der Waals surface area contributed by atoms with Crippen LogP contribution in [0.3, 0.4) is 0 Å². The summed E-state index contributed by atoms with van der Waals surface area (Å²) in [6, 6.07) is 7.80. The number of aryl methyl sites for hydroxylation is 1. The predicted octanol–water partition coefficient (Wildman–Crippen LogP) is 2.46. The van der Waals surface area contributed by atoms with Crippen molar-refractivity contribution in [1.29, 1.82) is 0 Å². The standard InChI is InChI=1S/C16H18N4O2S/c1-9-14(11-6-4-5-7-12(11)17-9)15(22)10(2)23-16-19-18-13(8-21)20(16)3/h4-7,10,17,21H,8H2,1-3H3. The zero-order valence-electron chi connectivity index (χ0n) is 13.2. The van der Waals surface area contributed by atoms with Gasteiger partial charge in [0.2, 0.25) is 0 Å². The number of rotatable bonds is 5. The van der Waals surface area contributed by atoms with Gasteiger partial charge in [-0.15, -0.1) is 10.2 Å². The first kappa shape index (κ1) is 15.8. The van der Waals surface area contributed by atoms with Gasteiger partial charge in [0, 0.05) is 29.2 Å². The van der Waals surface area contributed by atoms with Crippen LogP contribution in [0, 0.1) is 6.92 Å². The van der Waals surface area contributed by atoms with E-state index in [0.717, 1.165) is 22.2 Å². The molecule has 0 amide bonds. The Morgan fingerprint density at radius 1 is 1.39 bits per heavy atom. The van der Waals surface area contributed by atoms with Crippen LogP contribution in [-0.2, 0) is 13.7 Å². The van der Waals surface area contributed by atoms with E-state index >= 15 is 0 Å². The Kier molecular flexibility index (Phi) is 4.23. The highest BCUT2D eigenvalue weighted by Crippen LogP contribution is 2.29. The Labute approximate surface area is 137 Å². The summed E-state index contributed by atoms with van der Waals surface area (Å²) in [5, 5.41) is 18.4. The van der Waals surface area contributed by atoms with E-state index in [9.17, 15) is 9.90 Å². The third-order valence-electron chi connectivity index (χ3n) is 3.86. The van der Waals surface area contributed by atoms with E-state index in [1.807, 2.05) is 38.1 Å². The molecular formula is C16H18N4O2S. The molecule has 3 rings (SSSR count). The molecule has 120 valence electrons. The molecule has 0 aliphatic heterocycles. The topological polar surface area (TPSA) is 83.8 Å². The Hall–Kier alpha value is -2.12. The van der Waals surface area contributed by atoms with Gasteiger partial charge >= 0.3 is 0 Å². The molecule has 0 spiro atoms. The smallest absolute Gasteiger partial charge is 0.191 e. The summed E-state index contributed by atoms with van der Waals surface area (Å²) in [7, 11) is 1.78. The quantitative estimate of drug-likeness (QED) is 0.554. The number of carbonyl (C=O) groups is 1. The van der Waals surface area contributed by atoms with Crippen LogP contribution in [0.4, 0.5) is 0 Å². The molecule has 1 aromatic carbocycles. The fourth-order valence-corrected chi connectivity index (χ4v) is 3.49.